The van der Waals surface area contributed by atoms with Crippen molar-refractivity contribution in [1.29, 1.82) is 0 Å². The van der Waals surface area contributed by atoms with Gasteiger partial charge in [-0.1, -0.05) is 13.8 Å². The summed E-state index contributed by atoms with van der Waals surface area (Å²) < 4.78 is 0. The van der Waals surface area contributed by atoms with Gasteiger partial charge in [-0.25, -0.2) is 0 Å². The van der Waals surface area contributed by atoms with Gasteiger partial charge in [0.2, 0.25) is 11.8 Å². The molecule has 164 valence electrons. The zero-order valence-corrected chi connectivity index (χ0v) is 18.5. The lowest BCUT2D eigenvalue weighted by atomic mass is 9.70. The fourth-order valence-electron chi connectivity index (χ4n) is 5.31. The third-order valence-corrected chi connectivity index (χ3v) is 6.73. The zero-order valence-electron chi connectivity index (χ0n) is 18.5. The molecule has 0 spiro atoms. The zero-order chi connectivity index (χ0) is 21.6. The smallest absolute Gasteiger partial charge is 0.227 e. The van der Waals surface area contributed by atoms with Crippen molar-refractivity contribution in [2.75, 3.05) is 0 Å². The Bertz CT molecular complexity index is 566. The van der Waals surface area contributed by atoms with Gasteiger partial charge in [-0.2, -0.15) is 0 Å². The summed E-state index contributed by atoms with van der Waals surface area (Å²) in [4.78, 5) is 46.0. The number of carbonyl (C=O) groups excluding carboxylic acids is 4. The number of hydrogen-bond acceptors (Lipinski definition) is 4. The van der Waals surface area contributed by atoms with Crippen molar-refractivity contribution in [1.82, 2.24) is 10.6 Å². The highest BCUT2D eigenvalue weighted by atomic mass is 16.2. The summed E-state index contributed by atoms with van der Waals surface area (Å²) in [6.45, 7) is 7.30. The minimum absolute atomic E-state index is 0.0171. The number of Topliss-reactive ketones (excluding diaryl/α,β-unsaturated/α-hetero) is 2. The van der Waals surface area contributed by atoms with Gasteiger partial charge >= 0.3 is 0 Å². The number of ketones is 2. The third kappa shape index (κ3) is 7.90. The van der Waals surface area contributed by atoms with Crippen molar-refractivity contribution in [3.05, 3.63) is 0 Å². The van der Waals surface area contributed by atoms with E-state index in [1.807, 2.05) is 0 Å². The van der Waals surface area contributed by atoms with Crippen LogP contribution in [0, 0.1) is 23.7 Å². The van der Waals surface area contributed by atoms with Gasteiger partial charge in [0.15, 0.2) is 0 Å². The monoisotopic (exact) mass is 406 g/mol. The highest BCUT2D eigenvalue weighted by Gasteiger charge is 2.33. The summed E-state index contributed by atoms with van der Waals surface area (Å²) in [5, 5.41) is 6.09. The highest BCUT2D eigenvalue weighted by molar-refractivity contribution is 5.97. The van der Waals surface area contributed by atoms with Crippen molar-refractivity contribution in [3.63, 3.8) is 0 Å². The first-order valence-electron chi connectivity index (χ1n) is 11.2. The number of amides is 2. The van der Waals surface area contributed by atoms with Crippen LogP contribution in [-0.4, -0.2) is 35.5 Å². The van der Waals surface area contributed by atoms with E-state index in [-0.39, 0.29) is 48.3 Å². The standard InChI is InChI=1S/C23H38N2O4/c1-14-9-18(5-7-20(14)24-22(28)11-16(3)26)13-19-6-8-21(15(2)10-19)25-23(29)12-17(4)27/h14-15,18-21H,5-13H2,1-4H3,(H,24,28)(H,25,29)/t14-,15-,18-,19-,20+,21+/m1/s1. The molecule has 2 amide bonds. The summed E-state index contributed by atoms with van der Waals surface area (Å²) in [6, 6.07) is 0.369. The molecule has 2 N–H and O–H groups in total. The molecule has 0 unspecified atom stereocenters. The van der Waals surface area contributed by atoms with E-state index in [0.29, 0.717) is 23.7 Å². The van der Waals surface area contributed by atoms with Crippen molar-refractivity contribution >= 4 is 23.4 Å². The van der Waals surface area contributed by atoms with Crippen LogP contribution in [-0.2, 0) is 19.2 Å². The normalized spacial score (nSPS) is 32.3. The first-order chi connectivity index (χ1) is 13.6. The van der Waals surface area contributed by atoms with Gasteiger partial charge in [-0.05, 0) is 82.5 Å². The van der Waals surface area contributed by atoms with Gasteiger partial charge in [-0.3, -0.25) is 19.2 Å². The molecule has 0 aromatic heterocycles. The largest absolute Gasteiger partial charge is 0.353 e. The Balaban J connectivity index is 1.74. The Hall–Kier alpha value is -1.72. The number of nitrogens with one attached hydrogen (secondary N) is 2. The molecule has 0 heterocycles. The Kier molecular flexibility index (Phi) is 8.84. The molecule has 2 saturated carbocycles. The highest BCUT2D eigenvalue weighted by Crippen LogP contribution is 2.39. The Labute approximate surface area is 175 Å². The average Bonchev–Trinajstić information content (AvgIpc) is 2.58. The summed E-state index contributed by atoms with van der Waals surface area (Å²) in [5.74, 6) is 1.77. The fourth-order valence-corrected chi connectivity index (χ4v) is 5.31. The van der Waals surface area contributed by atoms with E-state index in [2.05, 4.69) is 24.5 Å². The van der Waals surface area contributed by atoms with Crippen molar-refractivity contribution < 1.29 is 19.2 Å². The molecule has 2 aliphatic carbocycles. The Morgan fingerprint density at radius 3 is 1.38 bits per heavy atom. The molecule has 0 saturated heterocycles. The lowest BCUT2D eigenvalue weighted by Gasteiger charge is -2.39. The van der Waals surface area contributed by atoms with Crippen LogP contribution >= 0.6 is 0 Å². The first kappa shape index (κ1) is 23.6. The maximum Gasteiger partial charge on any atom is 0.227 e. The molecule has 0 aromatic carbocycles. The Morgan fingerprint density at radius 1 is 0.690 bits per heavy atom. The molecule has 6 nitrogen and oxygen atoms in total. The Morgan fingerprint density at radius 2 is 1.07 bits per heavy atom. The van der Waals surface area contributed by atoms with Crippen LogP contribution in [0.5, 0.6) is 0 Å². The van der Waals surface area contributed by atoms with Gasteiger partial charge in [0.25, 0.3) is 0 Å². The second kappa shape index (κ2) is 10.9. The predicted molar refractivity (Wildman–Crippen MR) is 112 cm³/mol. The quantitative estimate of drug-likeness (QED) is 0.606. The molecule has 6 heteroatoms. The predicted octanol–water partition coefficient (Wildman–Crippen LogP) is 3.18. The fraction of sp³-hybridized carbons (Fsp3) is 0.826. The van der Waals surface area contributed by atoms with Gasteiger partial charge in [0, 0.05) is 12.1 Å². The molecule has 2 aliphatic rings. The van der Waals surface area contributed by atoms with E-state index in [9.17, 15) is 19.2 Å². The van der Waals surface area contributed by atoms with Gasteiger partial charge in [-0.15, -0.1) is 0 Å². The number of hydrogen-bond donors (Lipinski definition) is 2. The van der Waals surface area contributed by atoms with E-state index >= 15 is 0 Å². The molecule has 0 aliphatic heterocycles. The van der Waals surface area contributed by atoms with E-state index in [1.165, 1.54) is 20.3 Å². The number of carbonyl (C=O) groups is 4. The summed E-state index contributed by atoms with van der Waals surface area (Å²) in [7, 11) is 0. The molecule has 0 bridgehead atoms. The summed E-state index contributed by atoms with van der Waals surface area (Å²) in [5.41, 5.74) is 0. The van der Waals surface area contributed by atoms with E-state index in [4.69, 9.17) is 0 Å². The second-order valence-electron chi connectivity index (χ2n) is 9.65. The molecule has 2 fully saturated rings. The number of rotatable bonds is 8. The molecule has 0 radical (unpaired) electrons. The molecule has 6 atom stereocenters. The lowest BCUT2D eigenvalue weighted by molar-refractivity contribution is -0.129. The molecular weight excluding hydrogens is 368 g/mol. The molecule has 0 aromatic rings. The summed E-state index contributed by atoms with van der Waals surface area (Å²) >= 11 is 0. The molecular formula is C23H38N2O4. The van der Waals surface area contributed by atoms with Crippen LogP contribution in [0.3, 0.4) is 0 Å². The van der Waals surface area contributed by atoms with E-state index < -0.39 is 0 Å². The third-order valence-electron chi connectivity index (χ3n) is 6.73. The van der Waals surface area contributed by atoms with Crippen molar-refractivity contribution in [2.45, 2.75) is 97.6 Å². The van der Waals surface area contributed by atoms with Crippen LogP contribution in [0.1, 0.15) is 85.5 Å². The van der Waals surface area contributed by atoms with Crippen LogP contribution in [0.25, 0.3) is 0 Å². The molecule has 29 heavy (non-hydrogen) atoms. The van der Waals surface area contributed by atoms with Gasteiger partial charge in [0.1, 0.15) is 11.6 Å². The van der Waals surface area contributed by atoms with Crippen molar-refractivity contribution in [2.24, 2.45) is 23.7 Å². The van der Waals surface area contributed by atoms with Crippen molar-refractivity contribution in [3.8, 4) is 0 Å². The molecule has 2 rings (SSSR count). The van der Waals surface area contributed by atoms with Gasteiger partial charge < -0.3 is 10.6 Å². The lowest BCUT2D eigenvalue weighted by Crippen LogP contribution is -2.44. The minimum Gasteiger partial charge on any atom is -0.353 e. The van der Waals surface area contributed by atoms with Gasteiger partial charge in [0.05, 0.1) is 12.8 Å². The summed E-state index contributed by atoms with van der Waals surface area (Å²) in [6.07, 6.45) is 7.65. The van der Waals surface area contributed by atoms with E-state index in [0.717, 1.165) is 38.5 Å². The van der Waals surface area contributed by atoms with Crippen LogP contribution in [0.4, 0.5) is 0 Å². The van der Waals surface area contributed by atoms with Crippen LogP contribution < -0.4 is 10.6 Å². The van der Waals surface area contributed by atoms with E-state index in [1.54, 1.807) is 0 Å². The maximum absolute atomic E-state index is 11.9. The topological polar surface area (TPSA) is 92.3 Å². The first-order valence-corrected chi connectivity index (χ1v) is 11.2. The van der Waals surface area contributed by atoms with Crippen LogP contribution in [0.2, 0.25) is 0 Å². The average molecular weight is 407 g/mol. The minimum atomic E-state index is -0.147. The van der Waals surface area contributed by atoms with Crippen LogP contribution in [0.15, 0.2) is 0 Å². The maximum atomic E-state index is 11.9. The second-order valence-corrected chi connectivity index (χ2v) is 9.65. The SMILES string of the molecule is CC(=O)CC(=O)N[C@H]1CC[C@@H](C[C@@H]2CC[C@H](NC(=O)CC(C)=O)[C@H](C)C2)C[C@H]1C.